The topological polar surface area (TPSA) is 80.9 Å². The largest absolute Gasteiger partial charge is 0.397 e. The van der Waals surface area contributed by atoms with Crippen LogP contribution in [0.1, 0.15) is 25.3 Å². The number of hydrogen-bond donors (Lipinski definition) is 2. The zero-order chi connectivity index (χ0) is 15.0. The highest BCUT2D eigenvalue weighted by Crippen LogP contribution is 2.32. The third-order valence-corrected chi connectivity index (χ3v) is 5.06. The summed E-state index contributed by atoms with van der Waals surface area (Å²) in [5.41, 5.74) is 7.48. The lowest BCUT2D eigenvalue weighted by molar-refractivity contribution is 0.0956. The van der Waals surface area contributed by atoms with Crippen LogP contribution in [-0.2, 0) is 6.54 Å². The van der Waals surface area contributed by atoms with Gasteiger partial charge < -0.3 is 11.1 Å². The molecule has 0 radical (unpaired) electrons. The van der Waals surface area contributed by atoms with Crippen LogP contribution in [0.3, 0.4) is 0 Å². The average molecular weight is 318 g/mol. The number of thiazole rings is 1. The minimum atomic E-state index is -0.167. The zero-order valence-corrected chi connectivity index (χ0v) is 13.3. The number of thiophene rings is 1. The van der Waals surface area contributed by atoms with Crippen LogP contribution in [0.15, 0.2) is 18.3 Å². The van der Waals surface area contributed by atoms with Gasteiger partial charge in [0.15, 0.2) is 0 Å². The van der Waals surface area contributed by atoms with E-state index in [9.17, 15) is 4.79 Å². The fourth-order valence-electron chi connectivity index (χ4n) is 1.99. The van der Waals surface area contributed by atoms with Crippen molar-refractivity contribution in [2.24, 2.45) is 0 Å². The molecule has 108 valence electrons. The molecule has 0 aromatic carbocycles. The Morgan fingerprint density at radius 1 is 1.33 bits per heavy atom. The van der Waals surface area contributed by atoms with Gasteiger partial charge in [-0.3, -0.25) is 4.79 Å². The Morgan fingerprint density at radius 3 is 2.86 bits per heavy atom. The molecule has 1 amide bonds. The molecule has 0 aliphatic carbocycles. The minimum absolute atomic E-state index is 0.167. The van der Waals surface area contributed by atoms with E-state index in [0.29, 0.717) is 17.1 Å². The van der Waals surface area contributed by atoms with Crippen LogP contribution >= 0.6 is 22.7 Å². The number of amides is 1. The summed E-state index contributed by atoms with van der Waals surface area (Å²) in [5, 5.41) is 4.70. The Kier molecular flexibility index (Phi) is 3.60. The van der Waals surface area contributed by atoms with Gasteiger partial charge in [0.1, 0.15) is 9.71 Å². The molecule has 0 aliphatic heterocycles. The number of aryl methyl sites for hydroxylation is 2. The van der Waals surface area contributed by atoms with Gasteiger partial charge in [0, 0.05) is 22.2 Å². The van der Waals surface area contributed by atoms with Crippen LogP contribution in [0.5, 0.6) is 0 Å². The Labute approximate surface area is 129 Å². The number of nitrogen functional groups attached to an aromatic ring is 1. The molecular weight excluding hydrogens is 304 g/mol. The smallest absolute Gasteiger partial charge is 0.263 e. The number of rotatable bonds is 3. The molecule has 3 aromatic rings. The molecule has 3 N–H and O–H groups in total. The van der Waals surface area contributed by atoms with Gasteiger partial charge in [0.25, 0.3) is 5.91 Å². The van der Waals surface area contributed by atoms with Crippen molar-refractivity contribution in [1.29, 1.82) is 0 Å². The number of carbonyl (C=O) groups is 1. The molecule has 5 nitrogen and oxygen atoms in total. The number of nitrogens with one attached hydrogen (secondary N) is 1. The summed E-state index contributed by atoms with van der Waals surface area (Å²) in [5.74, 6) is -0.167. The van der Waals surface area contributed by atoms with Crippen molar-refractivity contribution in [2.45, 2.75) is 20.4 Å². The number of fused-ring (bicyclic) bond motifs is 1. The first kappa shape index (κ1) is 14.0. The highest BCUT2D eigenvalue weighted by atomic mass is 32.1. The molecule has 0 bridgehead atoms. The van der Waals surface area contributed by atoms with Gasteiger partial charge in [-0.25, -0.2) is 9.97 Å². The number of anilines is 1. The first-order valence-corrected chi connectivity index (χ1v) is 8.03. The van der Waals surface area contributed by atoms with Crippen molar-refractivity contribution in [1.82, 2.24) is 15.3 Å². The molecule has 0 spiro atoms. The van der Waals surface area contributed by atoms with Crippen LogP contribution < -0.4 is 11.1 Å². The second-order valence-corrected chi connectivity index (χ2v) is 7.00. The maximum absolute atomic E-state index is 12.3. The lowest BCUT2D eigenvalue weighted by atomic mass is 10.2. The van der Waals surface area contributed by atoms with E-state index in [1.165, 1.54) is 11.3 Å². The third kappa shape index (κ3) is 2.74. The second-order valence-electron chi connectivity index (χ2n) is 4.68. The predicted octanol–water partition coefficient (Wildman–Crippen LogP) is 2.88. The lowest BCUT2D eigenvalue weighted by Gasteiger charge is -2.01. The summed E-state index contributed by atoms with van der Waals surface area (Å²) in [6.45, 7) is 4.32. The molecular formula is C14H14N4OS2. The number of aromatic nitrogens is 2. The normalized spacial score (nSPS) is 11.0. The standard InChI is InChI=1S/C14H14N4OS2/c1-7-3-4-10-11(15)12(21-14(10)18-7)13(19)17-6-9-5-16-8(2)20-9/h3-5H,6,15H2,1-2H3,(H,17,19). The summed E-state index contributed by atoms with van der Waals surface area (Å²) in [7, 11) is 0. The maximum atomic E-state index is 12.3. The van der Waals surface area contributed by atoms with E-state index in [1.54, 1.807) is 17.5 Å². The SMILES string of the molecule is Cc1ccc2c(N)c(C(=O)NCc3cnc(C)s3)sc2n1. The number of carbonyl (C=O) groups excluding carboxylic acids is 1. The van der Waals surface area contributed by atoms with Crippen LogP contribution in [0, 0.1) is 13.8 Å². The Morgan fingerprint density at radius 2 is 2.14 bits per heavy atom. The van der Waals surface area contributed by atoms with E-state index < -0.39 is 0 Å². The quantitative estimate of drug-likeness (QED) is 0.778. The average Bonchev–Trinajstić information content (AvgIpc) is 3.00. The number of pyridine rings is 1. The van der Waals surface area contributed by atoms with Crippen LogP contribution in [0.25, 0.3) is 10.2 Å². The van der Waals surface area contributed by atoms with E-state index in [0.717, 1.165) is 25.8 Å². The fraction of sp³-hybridized carbons (Fsp3) is 0.214. The molecule has 3 rings (SSSR count). The number of hydrogen-bond acceptors (Lipinski definition) is 6. The molecule has 0 saturated carbocycles. The predicted molar refractivity (Wildman–Crippen MR) is 86.8 cm³/mol. The van der Waals surface area contributed by atoms with Crippen LogP contribution in [-0.4, -0.2) is 15.9 Å². The number of nitrogens with two attached hydrogens (primary N) is 1. The van der Waals surface area contributed by atoms with Crippen molar-refractivity contribution < 1.29 is 4.79 Å². The molecule has 0 atom stereocenters. The molecule has 0 saturated heterocycles. The van der Waals surface area contributed by atoms with Gasteiger partial charge in [-0.1, -0.05) is 0 Å². The first-order valence-electron chi connectivity index (χ1n) is 6.39. The van der Waals surface area contributed by atoms with E-state index >= 15 is 0 Å². The molecule has 3 aromatic heterocycles. The lowest BCUT2D eigenvalue weighted by Crippen LogP contribution is -2.22. The molecule has 0 aliphatic rings. The summed E-state index contributed by atoms with van der Waals surface area (Å²) >= 11 is 2.90. The highest BCUT2D eigenvalue weighted by molar-refractivity contribution is 7.21. The first-order chi connectivity index (χ1) is 10.0. The van der Waals surface area contributed by atoms with Crippen molar-refractivity contribution in [3.63, 3.8) is 0 Å². The van der Waals surface area contributed by atoms with Crippen LogP contribution in [0.2, 0.25) is 0 Å². The Hall–Kier alpha value is -1.99. The number of nitrogens with zero attached hydrogens (tertiary/aromatic N) is 2. The minimum Gasteiger partial charge on any atom is -0.397 e. The van der Waals surface area contributed by atoms with Gasteiger partial charge >= 0.3 is 0 Å². The summed E-state index contributed by atoms with van der Waals surface area (Å²) < 4.78 is 0. The second kappa shape index (κ2) is 5.42. The van der Waals surface area contributed by atoms with E-state index in [2.05, 4.69) is 15.3 Å². The van der Waals surface area contributed by atoms with Crippen LogP contribution in [0.4, 0.5) is 5.69 Å². The summed E-state index contributed by atoms with van der Waals surface area (Å²) in [6.07, 6.45) is 1.78. The van der Waals surface area contributed by atoms with E-state index in [-0.39, 0.29) is 5.91 Å². The molecule has 7 heteroatoms. The Balaban J connectivity index is 1.82. The van der Waals surface area contributed by atoms with Crippen molar-refractivity contribution >= 4 is 44.5 Å². The molecule has 3 heterocycles. The van der Waals surface area contributed by atoms with Gasteiger partial charge in [0.05, 0.1) is 17.2 Å². The van der Waals surface area contributed by atoms with Gasteiger partial charge in [-0.2, -0.15) is 0 Å². The van der Waals surface area contributed by atoms with Gasteiger partial charge in [0.2, 0.25) is 0 Å². The Bertz CT molecular complexity index is 822. The van der Waals surface area contributed by atoms with Gasteiger partial charge in [-0.15, -0.1) is 22.7 Å². The molecule has 0 unspecified atom stereocenters. The zero-order valence-electron chi connectivity index (χ0n) is 11.6. The van der Waals surface area contributed by atoms with E-state index in [4.69, 9.17) is 5.73 Å². The maximum Gasteiger partial charge on any atom is 0.263 e. The van der Waals surface area contributed by atoms with Crippen molar-refractivity contribution in [3.05, 3.63) is 38.8 Å². The third-order valence-electron chi connectivity index (χ3n) is 3.03. The van der Waals surface area contributed by atoms with E-state index in [1.807, 2.05) is 26.0 Å². The van der Waals surface area contributed by atoms with Gasteiger partial charge in [-0.05, 0) is 26.0 Å². The summed E-state index contributed by atoms with van der Waals surface area (Å²) in [6, 6.07) is 3.81. The highest BCUT2D eigenvalue weighted by Gasteiger charge is 2.17. The molecule has 0 fully saturated rings. The monoisotopic (exact) mass is 318 g/mol. The summed E-state index contributed by atoms with van der Waals surface area (Å²) in [4.78, 5) is 23.2. The molecule has 21 heavy (non-hydrogen) atoms. The van der Waals surface area contributed by atoms with Crippen molar-refractivity contribution in [3.8, 4) is 0 Å². The fourth-order valence-corrected chi connectivity index (χ4v) is 3.78. The van der Waals surface area contributed by atoms with Crippen molar-refractivity contribution in [2.75, 3.05) is 5.73 Å².